The Morgan fingerprint density at radius 2 is 1.96 bits per heavy atom. The Morgan fingerprint density at radius 3 is 2.62 bits per heavy atom. The number of fused-ring (bicyclic) bond motifs is 1. The number of methoxy groups -OCH3 is 1. The summed E-state index contributed by atoms with van der Waals surface area (Å²) in [4.78, 5) is 0. The van der Waals surface area contributed by atoms with E-state index >= 15 is 0 Å². The standard InChI is InChI=1S/C20H23FNO.ClH/c1-4-7-19-17-11-10-16(23-3)13-15(17)12-14(2)22(19)20-9-6-5-8-18(20)21;/h5-6,8-11,13-14H,4,7,12H2,1-3H3;1H/q+1;/p-1. The van der Waals surface area contributed by atoms with E-state index in [1.54, 1.807) is 13.2 Å². The van der Waals surface area contributed by atoms with Crippen LogP contribution >= 0.6 is 0 Å². The Labute approximate surface area is 149 Å². The summed E-state index contributed by atoms with van der Waals surface area (Å²) in [5, 5.41) is 0. The molecule has 1 unspecified atom stereocenters. The van der Waals surface area contributed by atoms with Crippen molar-refractivity contribution in [1.29, 1.82) is 0 Å². The summed E-state index contributed by atoms with van der Waals surface area (Å²) in [5.41, 5.74) is 4.38. The van der Waals surface area contributed by atoms with Crippen molar-refractivity contribution >= 4 is 11.4 Å². The van der Waals surface area contributed by atoms with Gasteiger partial charge in [0.05, 0.1) is 7.11 Å². The minimum Gasteiger partial charge on any atom is -1.00 e. The zero-order chi connectivity index (χ0) is 16.4. The lowest BCUT2D eigenvalue weighted by Crippen LogP contribution is -3.00. The maximum absolute atomic E-state index is 14.4. The van der Waals surface area contributed by atoms with Crippen molar-refractivity contribution in [2.45, 2.75) is 39.2 Å². The number of halogens is 2. The van der Waals surface area contributed by atoms with Crippen LogP contribution in [-0.4, -0.2) is 23.4 Å². The van der Waals surface area contributed by atoms with Crippen LogP contribution in [0, 0.1) is 5.82 Å². The molecule has 2 aromatic rings. The maximum atomic E-state index is 14.4. The van der Waals surface area contributed by atoms with Crippen molar-refractivity contribution in [3.8, 4) is 5.75 Å². The molecule has 0 aliphatic carbocycles. The van der Waals surface area contributed by atoms with Gasteiger partial charge in [0.2, 0.25) is 5.69 Å². The van der Waals surface area contributed by atoms with Crippen LogP contribution in [0.2, 0.25) is 0 Å². The summed E-state index contributed by atoms with van der Waals surface area (Å²) in [5.74, 6) is 0.719. The summed E-state index contributed by atoms with van der Waals surface area (Å²) in [6.45, 7) is 4.32. The topological polar surface area (TPSA) is 12.2 Å². The van der Waals surface area contributed by atoms with E-state index in [1.165, 1.54) is 22.9 Å². The van der Waals surface area contributed by atoms with Crippen LogP contribution in [0.3, 0.4) is 0 Å². The average molecular weight is 348 g/mol. The molecular weight excluding hydrogens is 325 g/mol. The van der Waals surface area contributed by atoms with E-state index in [0.717, 1.165) is 25.0 Å². The molecule has 0 amide bonds. The van der Waals surface area contributed by atoms with E-state index in [9.17, 15) is 4.39 Å². The highest BCUT2D eigenvalue weighted by Gasteiger charge is 2.33. The quantitative estimate of drug-likeness (QED) is 0.767. The van der Waals surface area contributed by atoms with Crippen molar-refractivity contribution in [3.05, 3.63) is 59.4 Å². The molecule has 0 fully saturated rings. The molecule has 2 nitrogen and oxygen atoms in total. The van der Waals surface area contributed by atoms with Crippen LogP contribution in [0.5, 0.6) is 5.75 Å². The molecule has 3 rings (SSSR count). The van der Waals surface area contributed by atoms with E-state index in [0.29, 0.717) is 5.69 Å². The van der Waals surface area contributed by atoms with Gasteiger partial charge in [-0.15, -0.1) is 0 Å². The van der Waals surface area contributed by atoms with Crippen molar-refractivity contribution in [2.24, 2.45) is 0 Å². The summed E-state index contributed by atoms with van der Waals surface area (Å²) < 4.78 is 21.9. The van der Waals surface area contributed by atoms with Gasteiger partial charge in [-0.05, 0) is 43.2 Å². The van der Waals surface area contributed by atoms with Gasteiger partial charge in [-0.2, -0.15) is 8.97 Å². The van der Waals surface area contributed by atoms with Gasteiger partial charge in [0.15, 0.2) is 17.6 Å². The Kier molecular flexibility index (Phi) is 6.00. The molecule has 0 saturated carbocycles. The first-order valence-electron chi connectivity index (χ1n) is 8.22. The Balaban J connectivity index is 0.00000208. The van der Waals surface area contributed by atoms with E-state index in [-0.39, 0.29) is 24.3 Å². The first-order chi connectivity index (χ1) is 11.2. The number of rotatable bonds is 4. The fourth-order valence-electron chi connectivity index (χ4n) is 3.47. The molecular formula is C20H23ClFNO. The Morgan fingerprint density at radius 1 is 1.21 bits per heavy atom. The third-order valence-corrected chi connectivity index (χ3v) is 4.47. The monoisotopic (exact) mass is 347 g/mol. The number of benzene rings is 2. The second kappa shape index (κ2) is 7.80. The lowest BCUT2D eigenvalue weighted by molar-refractivity contribution is -0.485. The Bertz CT molecular complexity index is 757. The zero-order valence-electron chi connectivity index (χ0n) is 14.4. The van der Waals surface area contributed by atoms with Gasteiger partial charge in [-0.1, -0.05) is 19.1 Å². The Hall–Kier alpha value is -1.87. The SMILES string of the molecule is CCCC1=[N+](c2ccccc2F)C(C)Cc2cc(OC)ccc21.[Cl-]. The number of ether oxygens (including phenoxy) is 1. The van der Waals surface area contributed by atoms with E-state index in [1.807, 2.05) is 18.2 Å². The molecule has 2 aromatic carbocycles. The van der Waals surface area contributed by atoms with E-state index in [4.69, 9.17) is 4.74 Å². The van der Waals surface area contributed by atoms with Gasteiger partial charge < -0.3 is 17.1 Å². The molecule has 1 atom stereocenters. The molecule has 24 heavy (non-hydrogen) atoms. The van der Waals surface area contributed by atoms with Crippen LogP contribution in [0.1, 0.15) is 37.8 Å². The number of hydrogen-bond acceptors (Lipinski definition) is 1. The lowest BCUT2D eigenvalue weighted by Gasteiger charge is -2.23. The summed E-state index contributed by atoms with van der Waals surface area (Å²) >= 11 is 0. The van der Waals surface area contributed by atoms with Crippen molar-refractivity contribution in [2.75, 3.05) is 7.11 Å². The van der Waals surface area contributed by atoms with E-state index in [2.05, 4.69) is 30.6 Å². The third kappa shape index (κ3) is 3.32. The summed E-state index contributed by atoms with van der Waals surface area (Å²) in [6.07, 6.45) is 2.84. The van der Waals surface area contributed by atoms with Gasteiger partial charge >= 0.3 is 0 Å². The summed E-state index contributed by atoms with van der Waals surface area (Å²) in [7, 11) is 1.69. The van der Waals surface area contributed by atoms with E-state index < -0.39 is 0 Å². The number of nitrogens with zero attached hydrogens (tertiary/aromatic N) is 1. The van der Waals surface area contributed by atoms with Gasteiger partial charge in [0, 0.05) is 24.5 Å². The van der Waals surface area contributed by atoms with Gasteiger partial charge in [0.1, 0.15) is 5.75 Å². The minimum absolute atomic E-state index is 0. The zero-order valence-corrected chi connectivity index (χ0v) is 15.1. The van der Waals surface area contributed by atoms with Crippen molar-refractivity contribution < 1.29 is 26.1 Å². The predicted octanol–water partition coefficient (Wildman–Crippen LogP) is 1.72. The van der Waals surface area contributed by atoms with Crippen LogP contribution in [0.15, 0.2) is 42.5 Å². The first-order valence-corrected chi connectivity index (χ1v) is 8.22. The molecule has 1 aliphatic heterocycles. The molecule has 0 radical (unpaired) electrons. The summed E-state index contributed by atoms with van der Waals surface area (Å²) in [6, 6.07) is 13.5. The average Bonchev–Trinajstić information content (AvgIpc) is 2.55. The van der Waals surface area contributed by atoms with Crippen molar-refractivity contribution in [3.63, 3.8) is 0 Å². The van der Waals surface area contributed by atoms with Crippen molar-refractivity contribution in [1.82, 2.24) is 0 Å². The third-order valence-electron chi connectivity index (χ3n) is 4.47. The largest absolute Gasteiger partial charge is 1.00 e. The van der Waals surface area contributed by atoms with Gasteiger partial charge in [-0.3, -0.25) is 0 Å². The molecule has 4 heteroatoms. The van der Waals surface area contributed by atoms with Crippen LogP contribution < -0.4 is 17.1 Å². The molecule has 1 aliphatic rings. The highest BCUT2D eigenvalue weighted by molar-refractivity contribution is 5.99. The molecule has 0 bridgehead atoms. The molecule has 0 aromatic heterocycles. The molecule has 0 spiro atoms. The van der Waals surface area contributed by atoms with Gasteiger partial charge in [-0.25, -0.2) is 0 Å². The minimum atomic E-state index is -0.162. The normalized spacial score (nSPS) is 16.4. The maximum Gasteiger partial charge on any atom is 0.241 e. The highest BCUT2D eigenvalue weighted by atomic mass is 35.5. The predicted molar refractivity (Wildman–Crippen MR) is 91.5 cm³/mol. The molecule has 0 N–H and O–H groups in total. The number of hydrogen-bond donors (Lipinski definition) is 0. The fourth-order valence-corrected chi connectivity index (χ4v) is 3.47. The van der Waals surface area contributed by atoms with Crippen LogP contribution in [0.4, 0.5) is 10.1 Å². The highest BCUT2D eigenvalue weighted by Crippen LogP contribution is 2.30. The lowest BCUT2D eigenvalue weighted by atomic mass is 9.90. The first kappa shape index (κ1) is 18.5. The van der Waals surface area contributed by atoms with Crippen LogP contribution in [-0.2, 0) is 6.42 Å². The number of para-hydroxylation sites is 1. The molecule has 1 heterocycles. The smallest absolute Gasteiger partial charge is 0.241 e. The fraction of sp³-hybridized carbons (Fsp3) is 0.350. The van der Waals surface area contributed by atoms with Crippen LogP contribution in [0.25, 0.3) is 0 Å². The van der Waals surface area contributed by atoms with Gasteiger partial charge in [0.25, 0.3) is 0 Å². The second-order valence-electron chi connectivity index (χ2n) is 6.09. The molecule has 128 valence electrons. The molecule has 0 saturated heterocycles. The second-order valence-corrected chi connectivity index (χ2v) is 6.09.